The molecule has 4 amide bonds. The molecule has 1 saturated heterocycles. The topological polar surface area (TPSA) is 78.5 Å². The molecular weight excluding hydrogens is 378 g/mol. The van der Waals surface area contributed by atoms with E-state index in [0.717, 1.165) is 21.6 Å². The van der Waals surface area contributed by atoms with Crippen LogP contribution in [0.3, 0.4) is 0 Å². The van der Waals surface area contributed by atoms with Crippen LogP contribution in [0.4, 0.5) is 10.5 Å². The van der Waals surface area contributed by atoms with E-state index >= 15 is 0 Å². The average molecular weight is 400 g/mol. The summed E-state index contributed by atoms with van der Waals surface area (Å²) in [6, 6.07) is 10.0. The summed E-state index contributed by atoms with van der Waals surface area (Å²) < 4.78 is 0. The summed E-state index contributed by atoms with van der Waals surface area (Å²) >= 11 is 5.90. The molecule has 1 aliphatic rings. The maximum atomic E-state index is 12.9. The summed E-state index contributed by atoms with van der Waals surface area (Å²) in [5.74, 6) is -0.911. The molecule has 0 saturated carbocycles. The minimum Gasteiger partial charge on any atom is -0.324 e. The molecule has 0 spiro atoms. The zero-order chi connectivity index (χ0) is 20.6. The van der Waals surface area contributed by atoms with E-state index in [0.29, 0.717) is 16.3 Å². The van der Waals surface area contributed by atoms with Gasteiger partial charge < -0.3 is 10.6 Å². The first kappa shape index (κ1) is 19.9. The van der Waals surface area contributed by atoms with Gasteiger partial charge in [0.05, 0.1) is 0 Å². The quantitative estimate of drug-likeness (QED) is 0.770. The van der Waals surface area contributed by atoms with Gasteiger partial charge in [-0.2, -0.15) is 0 Å². The average Bonchev–Trinajstić information content (AvgIpc) is 2.83. The molecule has 1 heterocycles. The van der Waals surface area contributed by atoms with Crippen LogP contribution in [0.2, 0.25) is 5.02 Å². The first-order chi connectivity index (χ1) is 13.1. The Labute approximate surface area is 168 Å². The van der Waals surface area contributed by atoms with Crippen LogP contribution in [0.1, 0.15) is 29.2 Å². The fraction of sp³-hybridized carbons (Fsp3) is 0.286. The third kappa shape index (κ3) is 3.60. The SMILES string of the molecule is Cc1cc(C)c(NC(=O)CN2C(=O)NC(C)(c3ccc(Cl)cc3)C2=O)c(C)c1. The summed E-state index contributed by atoms with van der Waals surface area (Å²) in [5.41, 5.74) is 3.01. The smallest absolute Gasteiger partial charge is 0.324 e. The highest BCUT2D eigenvalue weighted by molar-refractivity contribution is 6.30. The number of amides is 4. The van der Waals surface area contributed by atoms with Gasteiger partial charge in [0, 0.05) is 10.7 Å². The standard InChI is InChI=1S/C21H22ClN3O3/c1-12-9-13(2)18(14(3)10-12)23-17(26)11-25-19(27)21(4,24-20(25)28)15-5-7-16(22)8-6-15/h5-10H,11H2,1-4H3,(H,23,26)(H,24,28). The Morgan fingerprint density at radius 1 is 1.11 bits per heavy atom. The van der Waals surface area contributed by atoms with Crippen molar-refractivity contribution in [2.24, 2.45) is 0 Å². The van der Waals surface area contributed by atoms with E-state index in [9.17, 15) is 14.4 Å². The van der Waals surface area contributed by atoms with Gasteiger partial charge in [-0.05, 0) is 56.5 Å². The van der Waals surface area contributed by atoms with Crippen molar-refractivity contribution in [1.29, 1.82) is 0 Å². The molecule has 7 heteroatoms. The summed E-state index contributed by atoms with van der Waals surface area (Å²) in [6.45, 7) is 7.04. The van der Waals surface area contributed by atoms with Crippen LogP contribution in [0.25, 0.3) is 0 Å². The lowest BCUT2D eigenvalue weighted by Gasteiger charge is -2.22. The summed E-state index contributed by atoms with van der Waals surface area (Å²) in [7, 11) is 0. The van der Waals surface area contributed by atoms with Crippen molar-refractivity contribution in [3.05, 3.63) is 63.7 Å². The Balaban J connectivity index is 1.78. The van der Waals surface area contributed by atoms with Gasteiger partial charge in [0.25, 0.3) is 5.91 Å². The number of rotatable bonds is 4. The summed E-state index contributed by atoms with van der Waals surface area (Å²) in [4.78, 5) is 38.8. The van der Waals surface area contributed by atoms with Gasteiger partial charge in [-0.25, -0.2) is 4.79 Å². The third-order valence-electron chi connectivity index (χ3n) is 4.94. The van der Waals surface area contributed by atoms with Crippen LogP contribution in [-0.2, 0) is 15.1 Å². The van der Waals surface area contributed by atoms with Gasteiger partial charge in [0.2, 0.25) is 5.91 Å². The zero-order valence-electron chi connectivity index (χ0n) is 16.2. The molecule has 28 heavy (non-hydrogen) atoms. The fourth-order valence-electron chi connectivity index (χ4n) is 3.52. The van der Waals surface area contributed by atoms with Gasteiger partial charge in [-0.1, -0.05) is 41.4 Å². The first-order valence-electron chi connectivity index (χ1n) is 8.89. The van der Waals surface area contributed by atoms with Crippen molar-refractivity contribution in [1.82, 2.24) is 10.2 Å². The van der Waals surface area contributed by atoms with E-state index < -0.39 is 23.4 Å². The highest BCUT2D eigenvalue weighted by Crippen LogP contribution is 2.30. The molecule has 1 atom stereocenters. The van der Waals surface area contributed by atoms with E-state index in [-0.39, 0.29) is 6.54 Å². The number of nitrogens with zero attached hydrogens (tertiary/aromatic N) is 1. The maximum Gasteiger partial charge on any atom is 0.325 e. The van der Waals surface area contributed by atoms with Crippen molar-refractivity contribution in [2.75, 3.05) is 11.9 Å². The van der Waals surface area contributed by atoms with Crippen LogP contribution in [0.5, 0.6) is 0 Å². The Morgan fingerprint density at radius 2 is 1.68 bits per heavy atom. The van der Waals surface area contributed by atoms with Gasteiger partial charge in [0.1, 0.15) is 12.1 Å². The maximum absolute atomic E-state index is 12.9. The van der Waals surface area contributed by atoms with Gasteiger partial charge in [0.15, 0.2) is 0 Å². The molecule has 1 unspecified atom stereocenters. The highest BCUT2D eigenvalue weighted by atomic mass is 35.5. The van der Waals surface area contributed by atoms with Crippen LogP contribution in [0.15, 0.2) is 36.4 Å². The minimum absolute atomic E-state index is 0.361. The van der Waals surface area contributed by atoms with Crippen LogP contribution in [-0.4, -0.2) is 29.3 Å². The Bertz CT molecular complexity index is 948. The molecule has 0 aromatic heterocycles. The normalized spacial score (nSPS) is 19.0. The lowest BCUT2D eigenvalue weighted by atomic mass is 9.92. The van der Waals surface area contributed by atoms with Crippen LogP contribution >= 0.6 is 11.6 Å². The largest absolute Gasteiger partial charge is 0.325 e. The van der Waals surface area contributed by atoms with Gasteiger partial charge >= 0.3 is 6.03 Å². The van der Waals surface area contributed by atoms with E-state index in [1.807, 2.05) is 32.9 Å². The molecule has 6 nitrogen and oxygen atoms in total. The lowest BCUT2D eigenvalue weighted by molar-refractivity contribution is -0.133. The molecule has 3 rings (SSSR count). The molecule has 1 aliphatic heterocycles. The fourth-order valence-corrected chi connectivity index (χ4v) is 3.65. The van der Waals surface area contributed by atoms with E-state index in [1.54, 1.807) is 31.2 Å². The van der Waals surface area contributed by atoms with Crippen molar-refractivity contribution < 1.29 is 14.4 Å². The Kier molecular flexibility index (Phi) is 5.17. The second-order valence-electron chi connectivity index (χ2n) is 7.28. The van der Waals surface area contributed by atoms with Crippen molar-refractivity contribution in [3.8, 4) is 0 Å². The number of carbonyl (C=O) groups is 3. The molecule has 0 radical (unpaired) electrons. The van der Waals surface area contributed by atoms with Gasteiger partial charge in [-0.3, -0.25) is 14.5 Å². The second-order valence-corrected chi connectivity index (χ2v) is 7.71. The number of benzene rings is 2. The molecule has 2 aromatic carbocycles. The summed E-state index contributed by atoms with van der Waals surface area (Å²) in [5, 5.41) is 6.03. The van der Waals surface area contributed by atoms with E-state index in [2.05, 4.69) is 10.6 Å². The summed E-state index contributed by atoms with van der Waals surface area (Å²) in [6.07, 6.45) is 0. The first-order valence-corrected chi connectivity index (χ1v) is 9.27. The predicted molar refractivity (Wildman–Crippen MR) is 108 cm³/mol. The monoisotopic (exact) mass is 399 g/mol. The van der Waals surface area contributed by atoms with Crippen molar-refractivity contribution >= 4 is 35.1 Å². The molecule has 0 aliphatic carbocycles. The lowest BCUT2D eigenvalue weighted by Crippen LogP contribution is -2.42. The molecule has 1 fully saturated rings. The number of hydrogen-bond acceptors (Lipinski definition) is 3. The number of imide groups is 1. The predicted octanol–water partition coefficient (Wildman–Crippen LogP) is 3.67. The Hall–Kier alpha value is -2.86. The number of hydrogen-bond donors (Lipinski definition) is 2. The van der Waals surface area contributed by atoms with E-state index in [1.165, 1.54) is 0 Å². The van der Waals surface area contributed by atoms with E-state index in [4.69, 9.17) is 11.6 Å². The zero-order valence-corrected chi connectivity index (χ0v) is 17.0. The third-order valence-corrected chi connectivity index (χ3v) is 5.19. The van der Waals surface area contributed by atoms with Crippen LogP contribution < -0.4 is 10.6 Å². The number of anilines is 1. The molecule has 2 N–H and O–H groups in total. The minimum atomic E-state index is -1.24. The molecule has 146 valence electrons. The highest BCUT2D eigenvalue weighted by Gasteiger charge is 2.49. The molecule has 2 aromatic rings. The van der Waals surface area contributed by atoms with Gasteiger partial charge in [-0.15, -0.1) is 0 Å². The molecule has 0 bridgehead atoms. The number of carbonyl (C=O) groups excluding carboxylic acids is 3. The number of urea groups is 1. The molecular formula is C21H22ClN3O3. The number of halogens is 1. The Morgan fingerprint density at radius 3 is 2.25 bits per heavy atom. The second kappa shape index (κ2) is 7.28. The van der Waals surface area contributed by atoms with Crippen molar-refractivity contribution in [3.63, 3.8) is 0 Å². The van der Waals surface area contributed by atoms with Crippen LogP contribution in [0, 0.1) is 20.8 Å². The van der Waals surface area contributed by atoms with Crippen molar-refractivity contribution in [2.45, 2.75) is 33.2 Å². The number of aryl methyl sites for hydroxylation is 3. The number of nitrogens with one attached hydrogen (secondary N) is 2.